The summed E-state index contributed by atoms with van der Waals surface area (Å²) in [5, 5.41) is 7.30. The minimum absolute atomic E-state index is 0.350. The standard InChI is InChI=1S/C16H25N3S/c1-11-18-14(9-20-11)7-19-8-15(12-3-4-12)17-10-16(19,2)13-5-6-13/h9,12-13,15,17H,3-8,10H2,1-2H3. The van der Waals surface area contributed by atoms with Gasteiger partial charge in [0.1, 0.15) is 0 Å². The van der Waals surface area contributed by atoms with Gasteiger partial charge in [0, 0.05) is 36.6 Å². The molecule has 2 unspecified atom stereocenters. The van der Waals surface area contributed by atoms with Gasteiger partial charge < -0.3 is 5.32 Å². The van der Waals surface area contributed by atoms with Crippen molar-refractivity contribution in [1.82, 2.24) is 15.2 Å². The van der Waals surface area contributed by atoms with Crippen molar-refractivity contribution >= 4 is 11.3 Å². The van der Waals surface area contributed by atoms with E-state index in [0.717, 1.165) is 24.4 Å². The van der Waals surface area contributed by atoms with Crippen LogP contribution >= 0.6 is 11.3 Å². The lowest BCUT2D eigenvalue weighted by molar-refractivity contribution is 0.0226. The average molecular weight is 291 g/mol. The predicted octanol–water partition coefficient (Wildman–Crippen LogP) is 2.80. The first-order valence-electron chi connectivity index (χ1n) is 8.04. The van der Waals surface area contributed by atoms with E-state index < -0.39 is 0 Å². The van der Waals surface area contributed by atoms with Crippen LogP contribution in [0.4, 0.5) is 0 Å². The third kappa shape index (κ3) is 2.42. The van der Waals surface area contributed by atoms with E-state index in [9.17, 15) is 0 Å². The molecule has 4 rings (SSSR count). The van der Waals surface area contributed by atoms with E-state index in [0.29, 0.717) is 5.54 Å². The highest BCUT2D eigenvalue weighted by atomic mass is 32.1. The predicted molar refractivity (Wildman–Crippen MR) is 82.9 cm³/mol. The summed E-state index contributed by atoms with van der Waals surface area (Å²) in [5.41, 5.74) is 1.62. The topological polar surface area (TPSA) is 28.2 Å². The van der Waals surface area contributed by atoms with Gasteiger partial charge in [0.2, 0.25) is 0 Å². The SMILES string of the molecule is Cc1nc(CN2CC(C3CC3)NCC2(C)C2CC2)cs1. The van der Waals surface area contributed by atoms with Crippen LogP contribution in [0.5, 0.6) is 0 Å². The van der Waals surface area contributed by atoms with E-state index in [2.05, 4.69) is 29.4 Å². The summed E-state index contributed by atoms with van der Waals surface area (Å²) in [4.78, 5) is 7.44. The van der Waals surface area contributed by atoms with Gasteiger partial charge in [-0.05, 0) is 51.4 Å². The van der Waals surface area contributed by atoms with Crippen LogP contribution in [0.1, 0.15) is 43.3 Å². The van der Waals surface area contributed by atoms with Crippen LogP contribution in [0.15, 0.2) is 5.38 Å². The third-order valence-electron chi connectivity index (χ3n) is 5.53. The summed E-state index contributed by atoms with van der Waals surface area (Å²) in [6.07, 6.45) is 5.70. The van der Waals surface area contributed by atoms with Gasteiger partial charge >= 0.3 is 0 Å². The molecule has 110 valence electrons. The van der Waals surface area contributed by atoms with E-state index >= 15 is 0 Å². The Morgan fingerprint density at radius 2 is 2.20 bits per heavy atom. The Bertz CT molecular complexity index is 492. The summed E-state index contributed by atoms with van der Waals surface area (Å²) < 4.78 is 0. The van der Waals surface area contributed by atoms with E-state index in [-0.39, 0.29) is 0 Å². The van der Waals surface area contributed by atoms with Crippen molar-refractivity contribution in [2.75, 3.05) is 13.1 Å². The van der Waals surface area contributed by atoms with Gasteiger partial charge in [0.05, 0.1) is 10.7 Å². The minimum Gasteiger partial charge on any atom is -0.311 e. The molecule has 3 nitrogen and oxygen atoms in total. The van der Waals surface area contributed by atoms with Crippen LogP contribution in [0, 0.1) is 18.8 Å². The average Bonchev–Trinajstić information content (AvgIpc) is 3.31. The van der Waals surface area contributed by atoms with E-state index in [1.54, 1.807) is 11.3 Å². The van der Waals surface area contributed by atoms with E-state index in [1.165, 1.54) is 49.5 Å². The summed E-state index contributed by atoms with van der Waals surface area (Å²) >= 11 is 1.78. The summed E-state index contributed by atoms with van der Waals surface area (Å²) in [5.74, 6) is 1.84. The van der Waals surface area contributed by atoms with Gasteiger partial charge in [-0.2, -0.15) is 0 Å². The maximum Gasteiger partial charge on any atom is 0.0897 e. The van der Waals surface area contributed by atoms with Crippen LogP contribution in [0.3, 0.4) is 0 Å². The van der Waals surface area contributed by atoms with Gasteiger partial charge in [-0.15, -0.1) is 11.3 Å². The fourth-order valence-electron chi connectivity index (χ4n) is 3.80. The second kappa shape index (κ2) is 4.79. The Balaban J connectivity index is 1.53. The highest BCUT2D eigenvalue weighted by molar-refractivity contribution is 7.09. The highest BCUT2D eigenvalue weighted by Crippen LogP contribution is 2.46. The van der Waals surface area contributed by atoms with Crippen molar-refractivity contribution in [3.8, 4) is 0 Å². The number of piperazine rings is 1. The maximum absolute atomic E-state index is 4.69. The largest absolute Gasteiger partial charge is 0.311 e. The van der Waals surface area contributed by atoms with Crippen LogP contribution in [0.25, 0.3) is 0 Å². The molecular weight excluding hydrogens is 266 g/mol. The normalized spacial score (nSPS) is 35.4. The van der Waals surface area contributed by atoms with Gasteiger partial charge in [-0.25, -0.2) is 4.98 Å². The Morgan fingerprint density at radius 1 is 1.40 bits per heavy atom. The Kier molecular flexibility index (Phi) is 3.17. The molecular formula is C16H25N3S. The molecule has 1 saturated heterocycles. The fourth-order valence-corrected chi connectivity index (χ4v) is 4.41. The molecule has 3 fully saturated rings. The Labute approximate surface area is 125 Å². The molecule has 4 heteroatoms. The molecule has 0 spiro atoms. The number of nitrogens with zero attached hydrogens (tertiary/aromatic N) is 2. The molecule has 1 aromatic heterocycles. The lowest BCUT2D eigenvalue weighted by atomic mass is 9.88. The van der Waals surface area contributed by atoms with Crippen LogP contribution in [-0.4, -0.2) is 34.6 Å². The monoisotopic (exact) mass is 291 g/mol. The first kappa shape index (κ1) is 13.2. The highest BCUT2D eigenvalue weighted by Gasteiger charge is 2.50. The first-order valence-corrected chi connectivity index (χ1v) is 8.92. The second-order valence-electron chi connectivity index (χ2n) is 7.19. The van der Waals surface area contributed by atoms with Crippen molar-refractivity contribution < 1.29 is 0 Å². The molecule has 2 atom stereocenters. The molecule has 0 aromatic carbocycles. The number of aromatic nitrogens is 1. The molecule has 2 aliphatic carbocycles. The van der Waals surface area contributed by atoms with Gasteiger partial charge in [0.15, 0.2) is 0 Å². The lowest BCUT2D eigenvalue weighted by Gasteiger charge is -2.48. The van der Waals surface area contributed by atoms with E-state index in [4.69, 9.17) is 4.98 Å². The third-order valence-corrected chi connectivity index (χ3v) is 6.35. The molecule has 2 saturated carbocycles. The zero-order valence-electron chi connectivity index (χ0n) is 12.6. The Hall–Kier alpha value is -0.450. The molecule has 1 aromatic rings. The van der Waals surface area contributed by atoms with Crippen LogP contribution in [-0.2, 0) is 6.54 Å². The summed E-state index contributed by atoms with van der Waals surface area (Å²) in [7, 11) is 0. The second-order valence-corrected chi connectivity index (χ2v) is 8.26. The zero-order chi connectivity index (χ0) is 13.7. The van der Waals surface area contributed by atoms with Crippen LogP contribution in [0.2, 0.25) is 0 Å². The fraction of sp³-hybridized carbons (Fsp3) is 0.812. The van der Waals surface area contributed by atoms with Gasteiger partial charge in [0.25, 0.3) is 0 Å². The van der Waals surface area contributed by atoms with Crippen molar-refractivity contribution in [2.24, 2.45) is 11.8 Å². The molecule has 0 bridgehead atoms. The van der Waals surface area contributed by atoms with Crippen molar-refractivity contribution in [3.05, 3.63) is 16.1 Å². The quantitative estimate of drug-likeness (QED) is 0.924. The molecule has 3 aliphatic rings. The molecule has 0 amide bonds. The first-order chi connectivity index (χ1) is 9.65. The molecule has 20 heavy (non-hydrogen) atoms. The van der Waals surface area contributed by atoms with Crippen molar-refractivity contribution in [3.63, 3.8) is 0 Å². The minimum atomic E-state index is 0.350. The van der Waals surface area contributed by atoms with E-state index in [1.807, 2.05) is 0 Å². The van der Waals surface area contributed by atoms with Crippen LogP contribution < -0.4 is 5.32 Å². The van der Waals surface area contributed by atoms with Gasteiger partial charge in [-0.3, -0.25) is 4.90 Å². The lowest BCUT2D eigenvalue weighted by Crippen LogP contribution is -2.64. The summed E-state index contributed by atoms with van der Waals surface area (Å²) in [6.45, 7) is 8.01. The van der Waals surface area contributed by atoms with Crippen molar-refractivity contribution in [1.29, 1.82) is 0 Å². The van der Waals surface area contributed by atoms with Gasteiger partial charge in [-0.1, -0.05) is 0 Å². The molecule has 1 N–H and O–H groups in total. The smallest absolute Gasteiger partial charge is 0.0897 e. The number of rotatable bonds is 4. The number of hydrogen-bond donors (Lipinski definition) is 1. The molecule has 1 aliphatic heterocycles. The number of hydrogen-bond acceptors (Lipinski definition) is 4. The zero-order valence-corrected chi connectivity index (χ0v) is 13.4. The molecule has 2 heterocycles. The number of thiazole rings is 1. The number of nitrogens with one attached hydrogen (secondary N) is 1. The maximum atomic E-state index is 4.69. The molecule has 0 radical (unpaired) electrons. The number of aryl methyl sites for hydroxylation is 1. The summed E-state index contributed by atoms with van der Waals surface area (Å²) in [6, 6.07) is 0.724. The Morgan fingerprint density at radius 3 is 2.80 bits per heavy atom. The van der Waals surface area contributed by atoms with Crippen molar-refractivity contribution in [2.45, 2.75) is 57.7 Å².